The van der Waals surface area contributed by atoms with Gasteiger partial charge in [0, 0.05) is 12.7 Å². The number of nitrogen functional groups attached to an aromatic ring is 1. The maximum atomic E-state index is 12.8. The van der Waals surface area contributed by atoms with Crippen molar-refractivity contribution in [3.8, 4) is 0 Å². The summed E-state index contributed by atoms with van der Waals surface area (Å²) in [6.07, 6.45) is -3.40. The molecule has 20 heavy (non-hydrogen) atoms. The summed E-state index contributed by atoms with van der Waals surface area (Å²) < 4.78 is 38.4. The molecule has 5 nitrogen and oxygen atoms in total. The summed E-state index contributed by atoms with van der Waals surface area (Å²) in [5.41, 5.74) is 2.95. The van der Waals surface area contributed by atoms with E-state index in [2.05, 4.69) is 9.97 Å². The van der Waals surface area contributed by atoms with Crippen LogP contribution in [0.2, 0.25) is 0 Å². The molecule has 2 heterocycles. The summed E-state index contributed by atoms with van der Waals surface area (Å²) in [5, 5.41) is 9.71. The lowest BCUT2D eigenvalue weighted by Gasteiger charge is -2.29. The summed E-state index contributed by atoms with van der Waals surface area (Å²) >= 11 is 0. The van der Waals surface area contributed by atoms with Crippen molar-refractivity contribution in [3.05, 3.63) is 18.1 Å². The Morgan fingerprint density at radius 1 is 1.35 bits per heavy atom. The highest BCUT2D eigenvalue weighted by Crippen LogP contribution is 2.38. The predicted octanol–water partition coefficient (Wildman–Crippen LogP) is 1.34. The Balaban J connectivity index is 2.00. The average Bonchev–Trinajstić information content (AvgIpc) is 2.52. The first-order chi connectivity index (χ1) is 9.30. The van der Waals surface area contributed by atoms with E-state index in [1.807, 2.05) is 0 Å². The third kappa shape index (κ3) is 3.37. The van der Waals surface area contributed by atoms with Gasteiger partial charge in [-0.05, 0) is 31.9 Å². The molecule has 1 aromatic heterocycles. The van der Waals surface area contributed by atoms with Crippen LogP contribution in [0.25, 0.3) is 0 Å². The number of alkyl halides is 3. The van der Waals surface area contributed by atoms with Gasteiger partial charge in [0.2, 0.25) is 0 Å². The maximum absolute atomic E-state index is 12.8. The molecule has 1 fully saturated rings. The molecule has 1 unspecified atom stereocenters. The van der Waals surface area contributed by atoms with E-state index in [-0.39, 0.29) is 25.8 Å². The molecule has 1 aliphatic heterocycles. The van der Waals surface area contributed by atoms with Crippen LogP contribution in [0.5, 0.6) is 0 Å². The van der Waals surface area contributed by atoms with Crippen LogP contribution in [0.1, 0.15) is 25.1 Å². The molecule has 0 aromatic carbocycles. The van der Waals surface area contributed by atoms with Crippen molar-refractivity contribution in [2.24, 2.45) is 0 Å². The molecule has 1 aromatic rings. The molecule has 1 saturated heterocycles. The molecule has 0 aliphatic carbocycles. The number of halogens is 3. The largest absolute Gasteiger partial charge is 0.417 e. The number of aliphatic hydroxyl groups is 1. The lowest BCUT2D eigenvalue weighted by atomic mass is 9.94. The quantitative estimate of drug-likeness (QED) is 0.859. The highest BCUT2D eigenvalue weighted by molar-refractivity contribution is 5.24. The van der Waals surface area contributed by atoms with Crippen LogP contribution in [0.3, 0.4) is 0 Å². The third-order valence-electron chi connectivity index (χ3n) is 3.53. The van der Waals surface area contributed by atoms with E-state index in [0.29, 0.717) is 24.7 Å². The smallest absolute Gasteiger partial charge is 0.384 e. The van der Waals surface area contributed by atoms with Crippen molar-refractivity contribution in [3.63, 3.8) is 0 Å². The van der Waals surface area contributed by atoms with Gasteiger partial charge < -0.3 is 10.8 Å². The second-order valence-electron chi connectivity index (χ2n) is 5.06. The average molecular weight is 290 g/mol. The van der Waals surface area contributed by atoms with E-state index in [1.54, 1.807) is 11.0 Å². The van der Waals surface area contributed by atoms with Gasteiger partial charge in [-0.15, -0.1) is 0 Å². The molecule has 0 amide bonds. The monoisotopic (exact) mass is 290 g/mol. The zero-order valence-electron chi connectivity index (χ0n) is 10.9. The first-order valence-corrected chi connectivity index (χ1v) is 6.39. The molecule has 3 N–H and O–H groups in total. The van der Waals surface area contributed by atoms with Gasteiger partial charge in [0.15, 0.2) is 5.60 Å². The van der Waals surface area contributed by atoms with Crippen LogP contribution >= 0.6 is 0 Å². The summed E-state index contributed by atoms with van der Waals surface area (Å²) in [6, 6.07) is 1.55. The Bertz CT molecular complexity index is 468. The highest BCUT2D eigenvalue weighted by Gasteiger charge is 2.53. The van der Waals surface area contributed by atoms with E-state index in [4.69, 9.17) is 5.73 Å². The molecule has 1 atom stereocenters. The van der Waals surface area contributed by atoms with Gasteiger partial charge in [-0.2, -0.15) is 13.2 Å². The Kier molecular flexibility index (Phi) is 4.14. The molecule has 0 bridgehead atoms. The van der Waals surface area contributed by atoms with Crippen molar-refractivity contribution in [2.75, 3.05) is 18.8 Å². The normalized spacial score (nSPS) is 25.4. The van der Waals surface area contributed by atoms with Gasteiger partial charge >= 0.3 is 6.18 Å². The van der Waals surface area contributed by atoms with Crippen LogP contribution in [-0.2, 0) is 6.54 Å². The molecule has 1 aliphatic rings. The fraction of sp³-hybridized carbons (Fsp3) is 0.667. The van der Waals surface area contributed by atoms with E-state index in [0.717, 1.165) is 0 Å². The minimum atomic E-state index is -4.59. The summed E-state index contributed by atoms with van der Waals surface area (Å²) in [6.45, 7) is 0.948. The van der Waals surface area contributed by atoms with Crippen molar-refractivity contribution < 1.29 is 18.3 Å². The number of nitrogens with zero attached hydrogens (tertiary/aromatic N) is 3. The minimum Gasteiger partial charge on any atom is -0.384 e. The lowest BCUT2D eigenvalue weighted by molar-refractivity contribution is -0.263. The SMILES string of the molecule is Nc1ccnc(CN2CCCC(O)(C(F)(F)F)CC2)n1. The summed E-state index contributed by atoms with van der Waals surface area (Å²) in [5.74, 6) is 0.805. The van der Waals surface area contributed by atoms with Crippen molar-refractivity contribution in [1.29, 1.82) is 0 Å². The number of hydrogen-bond acceptors (Lipinski definition) is 5. The standard InChI is InChI=1S/C12H17F3N4O/c13-12(14,15)11(20)3-1-6-19(7-4-11)8-10-17-5-2-9(16)18-10/h2,5,20H,1,3-4,6-8H2,(H2,16,17,18). The Morgan fingerprint density at radius 3 is 2.75 bits per heavy atom. The van der Waals surface area contributed by atoms with Gasteiger partial charge in [0.1, 0.15) is 11.6 Å². The van der Waals surface area contributed by atoms with Crippen LogP contribution < -0.4 is 5.73 Å². The van der Waals surface area contributed by atoms with Gasteiger partial charge in [-0.25, -0.2) is 9.97 Å². The number of anilines is 1. The molecular formula is C12H17F3N4O. The number of likely N-dealkylation sites (tertiary alicyclic amines) is 1. The van der Waals surface area contributed by atoms with Crippen molar-refractivity contribution in [1.82, 2.24) is 14.9 Å². The fourth-order valence-corrected chi connectivity index (χ4v) is 2.31. The molecule has 2 rings (SSSR count). The van der Waals surface area contributed by atoms with Gasteiger partial charge in [-0.3, -0.25) is 4.90 Å². The number of hydrogen-bond donors (Lipinski definition) is 2. The zero-order valence-corrected chi connectivity index (χ0v) is 10.9. The van der Waals surface area contributed by atoms with E-state index < -0.39 is 11.8 Å². The van der Waals surface area contributed by atoms with Gasteiger partial charge in [-0.1, -0.05) is 0 Å². The number of rotatable bonds is 2. The third-order valence-corrected chi connectivity index (χ3v) is 3.53. The molecule has 0 radical (unpaired) electrons. The van der Waals surface area contributed by atoms with E-state index in [9.17, 15) is 18.3 Å². The molecule has 112 valence electrons. The number of aromatic nitrogens is 2. The Labute approximate surface area is 114 Å². The second kappa shape index (κ2) is 5.53. The highest BCUT2D eigenvalue weighted by atomic mass is 19.4. The van der Waals surface area contributed by atoms with Crippen LogP contribution in [0.4, 0.5) is 19.0 Å². The summed E-state index contributed by atoms with van der Waals surface area (Å²) in [4.78, 5) is 9.86. The molecule has 0 spiro atoms. The van der Waals surface area contributed by atoms with Gasteiger partial charge in [0.05, 0.1) is 6.54 Å². The minimum absolute atomic E-state index is 0.147. The fourth-order valence-electron chi connectivity index (χ4n) is 2.31. The first-order valence-electron chi connectivity index (χ1n) is 6.39. The topological polar surface area (TPSA) is 75.3 Å². The zero-order chi connectivity index (χ0) is 14.8. The second-order valence-corrected chi connectivity index (χ2v) is 5.06. The number of nitrogens with two attached hydrogens (primary N) is 1. The van der Waals surface area contributed by atoms with Crippen molar-refractivity contribution in [2.45, 2.75) is 37.6 Å². The summed E-state index contributed by atoms with van der Waals surface area (Å²) in [7, 11) is 0. The Morgan fingerprint density at radius 2 is 2.10 bits per heavy atom. The molecule has 0 saturated carbocycles. The first kappa shape index (κ1) is 15.0. The predicted molar refractivity (Wildman–Crippen MR) is 66.6 cm³/mol. The van der Waals surface area contributed by atoms with Crippen LogP contribution in [0.15, 0.2) is 12.3 Å². The Hall–Kier alpha value is -1.41. The van der Waals surface area contributed by atoms with Crippen molar-refractivity contribution >= 4 is 5.82 Å². The molecular weight excluding hydrogens is 273 g/mol. The maximum Gasteiger partial charge on any atom is 0.417 e. The van der Waals surface area contributed by atoms with Gasteiger partial charge in [0.25, 0.3) is 0 Å². The van der Waals surface area contributed by atoms with Crippen LogP contribution in [0, 0.1) is 0 Å². The molecule has 8 heteroatoms. The van der Waals surface area contributed by atoms with E-state index in [1.165, 1.54) is 6.20 Å². The van der Waals surface area contributed by atoms with E-state index >= 15 is 0 Å². The van der Waals surface area contributed by atoms with Crippen LogP contribution in [-0.4, -0.2) is 44.8 Å². The lowest BCUT2D eigenvalue weighted by Crippen LogP contribution is -2.45.